The Kier molecular flexibility index (Phi) is 2.62. The second-order valence-electron chi connectivity index (χ2n) is 5.12. The number of hydrogen-bond donors (Lipinski definition) is 0. The van der Waals surface area contributed by atoms with Crippen molar-refractivity contribution in [3.63, 3.8) is 0 Å². The summed E-state index contributed by atoms with van der Waals surface area (Å²) < 4.78 is 0. The van der Waals surface area contributed by atoms with Gasteiger partial charge in [0.2, 0.25) is 0 Å². The van der Waals surface area contributed by atoms with Crippen molar-refractivity contribution in [1.82, 2.24) is 0 Å². The molecule has 0 atom stereocenters. The molecular weight excluding hydrogens is 168 g/mol. The fourth-order valence-electron chi connectivity index (χ4n) is 2.67. The molecule has 1 fully saturated rings. The Labute approximate surface area is 87.3 Å². The average molecular weight is 188 g/mol. The first-order valence-electron chi connectivity index (χ1n) is 5.74. The quantitative estimate of drug-likeness (QED) is 0.655. The van der Waals surface area contributed by atoms with Gasteiger partial charge in [0, 0.05) is 0 Å². The average Bonchev–Trinajstić information content (AvgIpc) is 2.57. The lowest BCUT2D eigenvalue weighted by Crippen LogP contribution is -2.15. The van der Waals surface area contributed by atoms with E-state index in [1.807, 2.05) is 0 Å². The molecule has 1 saturated carbocycles. The molecule has 14 heavy (non-hydrogen) atoms. The van der Waals surface area contributed by atoms with Gasteiger partial charge in [0.1, 0.15) is 0 Å². The van der Waals surface area contributed by atoms with Crippen molar-refractivity contribution in [2.45, 2.75) is 46.0 Å². The first kappa shape index (κ1) is 9.76. The van der Waals surface area contributed by atoms with Crippen LogP contribution in [0.5, 0.6) is 0 Å². The zero-order valence-corrected chi connectivity index (χ0v) is 9.34. The fourth-order valence-corrected chi connectivity index (χ4v) is 2.67. The minimum atomic E-state index is 0.589. The van der Waals surface area contributed by atoms with Gasteiger partial charge in [-0.25, -0.2) is 0 Å². The lowest BCUT2D eigenvalue weighted by molar-refractivity contribution is 0.334. The van der Waals surface area contributed by atoms with Gasteiger partial charge in [-0.2, -0.15) is 0 Å². The molecule has 0 heteroatoms. The summed E-state index contributed by atoms with van der Waals surface area (Å²) in [5, 5.41) is 0. The van der Waals surface area contributed by atoms with E-state index in [9.17, 15) is 0 Å². The Hall–Kier alpha value is -0.780. The Morgan fingerprint density at radius 3 is 2.43 bits per heavy atom. The molecular formula is C14H20. The molecule has 0 unspecified atom stereocenters. The van der Waals surface area contributed by atoms with Crippen LogP contribution < -0.4 is 0 Å². The van der Waals surface area contributed by atoms with Crippen LogP contribution in [0.1, 0.15) is 43.7 Å². The molecule has 0 N–H and O–H groups in total. The number of hydrogen-bond acceptors (Lipinski definition) is 0. The molecule has 0 heterocycles. The predicted molar refractivity (Wildman–Crippen MR) is 61.5 cm³/mol. The van der Waals surface area contributed by atoms with Crippen LogP contribution in [0.3, 0.4) is 0 Å². The molecule has 2 rings (SSSR count). The molecule has 0 saturated heterocycles. The standard InChI is InChI=1S/C14H20/c1-12-7-3-4-8-13(12)11-14(2)9-5-6-10-14/h3-4,7-8H,5-6,9-11H2,1-2H3. The van der Waals surface area contributed by atoms with Crippen molar-refractivity contribution in [2.75, 3.05) is 0 Å². The van der Waals surface area contributed by atoms with E-state index in [1.54, 1.807) is 5.56 Å². The van der Waals surface area contributed by atoms with Crippen molar-refractivity contribution in [1.29, 1.82) is 0 Å². The van der Waals surface area contributed by atoms with Gasteiger partial charge in [-0.15, -0.1) is 0 Å². The summed E-state index contributed by atoms with van der Waals surface area (Å²) in [4.78, 5) is 0. The summed E-state index contributed by atoms with van der Waals surface area (Å²) in [5.74, 6) is 0. The van der Waals surface area contributed by atoms with Gasteiger partial charge in [-0.3, -0.25) is 0 Å². The van der Waals surface area contributed by atoms with Gasteiger partial charge in [-0.1, -0.05) is 44.0 Å². The monoisotopic (exact) mass is 188 g/mol. The van der Waals surface area contributed by atoms with Gasteiger partial charge in [0.15, 0.2) is 0 Å². The van der Waals surface area contributed by atoms with Crippen LogP contribution in [-0.2, 0) is 6.42 Å². The van der Waals surface area contributed by atoms with E-state index in [4.69, 9.17) is 0 Å². The van der Waals surface area contributed by atoms with E-state index in [2.05, 4.69) is 38.1 Å². The van der Waals surface area contributed by atoms with E-state index in [-0.39, 0.29) is 0 Å². The SMILES string of the molecule is Cc1ccccc1CC1(C)CCCC1. The number of aryl methyl sites for hydroxylation is 1. The highest BCUT2D eigenvalue weighted by molar-refractivity contribution is 5.26. The lowest BCUT2D eigenvalue weighted by atomic mass is 9.81. The zero-order chi connectivity index (χ0) is 10.0. The molecule has 1 aliphatic carbocycles. The predicted octanol–water partition coefficient (Wildman–Crippen LogP) is 4.12. The zero-order valence-electron chi connectivity index (χ0n) is 9.34. The maximum absolute atomic E-state index is 2.45. The summed E-state index contributed by atoms with van der Waals surface area (Å²) >= 11 is 0. The van der Waals surface area contributed by atoms with Crippen LogP contribution in [0, 0.1) is 12.3 Å². The minimum Gasteiger partial charge on any atom is -0.0620 e. The van der Waals surface area contributed by atoms with Crippen LogP contribution in [0.4, 0.5) is 0 Å². The highest BCUT2D eigenvalue weighted by Gasteiger charge is 2.28. The molecule has 0 amide bonds. The smallest absolute Gasteiger partial charge is 0.0222 e. The summed E-state index contributed by atoms with van der Waals surface area (Å²) in [6.07, 6.45) is 6.98. The first-order valence-corrected chi connectivity index (χ1v) is 5.74. The molecule has 1 aliphatic rings. The molecule has 0 radical (unpaired) electrons. The second kappa shape index (κ2) is 3.76. The molecule has 76 valence electrons. The Morgan fingerprint density at radius 2 is 1.79 bits per heavy atom. The second-order valence-corrected chi connectivity index (χ2v) is 5.12. The van der Waals surface area contributed by atoms with Gasteiger partial charge < -0.3 is 0 Å². The van der Waals surface area contributed by atoms with E-state index < -0.39 is 0 Å². The molecule has 0 aromatic heterocycles. The molecule has 0 aliphatic heterocycles. The van der Waals surface area contributed by atoms with Crippen LogP contribution >= 0.6 is 0 Å². The van der Waals surface area contributed by atoms with Gasteiger partial charge >= 0.3 is 0 Å². The van der Waals surface area contributed by atoms with Gasteiger partial charge in [0.25, 0.3) is 0 Å². The van der Waals surface area contributed by atoms with E-state index in [0.717, 1.165) is 0 Å². The normalized spacial score (nSPS) is 19.9. The fraction of sp³-hybridized carbons (Fsp3) is 0.571. The van der Waals surface area contributed by atoms with Crippen LogP contribution in [-0.4, -0.2) is 0 Å². The van der Waals surface area contributed by atoms with Crippen molar-refractivity contribution in [3.05, 3.63) is 35.4 Å². The highest BCUT2D eigenvalue weighted by atomic mass is 14.3. The van der Waals surface area contributed by atoms with Crippen LogP contribution in [0.25, 0.3) is 0 Å². The van der Waals surface area contributed by atoms with E-state index in [0.29, 0.717) is 5.41 Å². The van der Waals surface area contributed by atoms with Gasteiger partial charge in [0.05, 0.1) is 0 Å². The van der Waals surface area contributed by atoms with Crippen molar-refractivity contribution in [3.8, 4) is 0 Å². The van der Waals surface area contributed by atoms with Gasteiger partial charge in [-0.05, 0) is 42.7 Å². The molecule has 1 aromatic rings. The summed E-state index contributed by atoms with van der Waals surface area (Å²) in [6.45, 7) is 4.68. The summed E-state index contributed by atoms with van der Waals surface area (Å²) in [5.41, 5.74) is 3.60. The largest absolute Gasteiger partial charge is 0.0620 e. The third-order valence-corrected chi connectivity index (χ3v) is 3.69. The van der Waals surface area contributed by atoms with E-state index >= 15 is 0 Å². The molecule has 1 aromatic carbocycles. The van der Waals surface area contributed by atoms with Crippen LogP contribution in [0.15, 0.2) is 24.3 Å². The molecule has 0 bridgehead atoms. The summed E-state index contributed by atoms with van der Waals surface area (Å²) in [6, 6.07) is 8.82. The Bertz CT molecular complexity index is 306. The molecule has 0 spiro atoms. The first-order chi connectivity index (χ1) is 6.70. The lowest BCUT2D eigenvalue weighted by Gasteiger charge is -2.24. The number of rotatable bonds is 2. The maximum atomic E-state index is 2.45. The summed E-state index contributed by atoms with van der Waals surface area (Å²) in [7, 11) is 0. The van der Waals surface area contributed by atoms with Crippen molar-refractivity contribution in [2.24, 2.45) is 5.41 Å². The topological polar surface area (TPSA) is 0 Å². The third-order valence-electron chi connectivity index (χ3n) is 3.69. The Morgan fingerprint density at radius 1 is 1.14 bits per heavy atom. The third kappa shape index (κ3) is 2.00. The highest BCUT2D eigenvalue weighted by Crippen LogP contribution is 2.40. The van der Waals surface area contributed by atoms with Crippen molar-refractivity contribution < 1.29 is 0 Å². The minimum absolute atomic E-state index is 0.589. The van der Waals surface area contributed by atoms with E-state index in [1.165, 1.54) is 37.7 Å². The van der Waals surface area contributed by atoms with Crippen molar-refractivity contribution >= 4 is 0 Å². The molecule has 0 nitrogen and oxygen atoms in total. The Balaban J connectivity index is 2.14. The van der Waals surface area contributed by atoms with Crippen LogP contribution in [0.2, 0.25) is 0 Å². The maximum Gasteiger partial charge on any atom is -0.0222 e. The number of benzene rings is 1.